The van der Waals surface area contributed by atoms with Crippen molar-refractivity contribution >= 4 is 23.5 Å². The third-order valence-electron chi connectivity index (χ3n) is 1.66. The number of Topliss-reactive ketones (excluding diaryl/α,β-unsaturated/α-hetero) is 1. The molecule has 1 aromatic rings. The predicted octanol–water partition coefficient (Wildman–Crippen LogP) is 0.389. The van der Waals surface area contributed by atoms with Crippen LogP contribution in [-0.4, -0.2) is 23.2 Å². The molecule has 1 atom stereocenters. The van der Waals surface area contributed by atoms with Gasteiger partial charge in [0.2, 0.25) is 6.41 Å². The number of nitrogens with one attached hydrogen (secondary N) is 1. The number of nitrogens with zero attached hydrogens (tertiary/aromatic N) is 1. The van der Waals surface area contributed by atoms with Gasteiger partial charge in [-0.25, -0.2) is 4.98 Å². The predicted molar refractivity (Wildman–Crippen MR) is 49.5 cm³/mol. The first kappa shape index (κ1) is 9.85. The molecule has 1 N–H and O–H groups in total. The Labute approximate surface area is 80.0 Å². The average Bonchev–Trinajstić information content (AvgIpc) is 2.56. The fourth-order valence-electron chi connectivity index (χ4n) is 0.950. The van der Waals surface area contributed by atoms with Crippen LogP contribution in [0.1, 0.15) is 12.6 Å². The maximum atomic E-state index is 11.0. The Balaban J connectivity index is 2.57. The van der Waals surface area contributed by atoms with Crippen molar-refractivity contribution in [2.75, 3.05) is 0 Å². The first-order chi connectivity index (χ1) is 6.24. The molecule has 13 heavy (non-hydrogen) atoms. The lowest BCUT2D eigenvalue weighted by molar-refractivity contribution is -0.121. The van der Waals surface area contributed by atoms with Crippen LogP contribution < -0.4 is 5.32 Å². The Morgan fingerprint density at radius 2 is 2.62 bits per heavy atom. The van der Waals surface area contributed by atoms with Gasteiger partial charge in [-0.1, -0.05) is 0 Å². The standard InChI is InChI=1S/C8H10N2O2S/c1-6(12)8(9-4-11)2-7-3-13-5-10-7/h3-5,8H,2H2,1H3,(H,9,11)/t8-/m0/s1. The third-order valence-corrected chi connectivity index (χ3v) is 2.29. The molecule has 1 rings (SSSR count). The van der Waals surface area contributed by atoms with Crippen LogP contribution in [-0.2, 0) is 16.0 Å². The first-order valence-corrected chi connectivity index (χ1v) is 4.75. The van der Waals surface area contributed by atoms with Gasteiger partial charge in [0.15, 0.2) is 5.78 Å². The average molecular weight is 198 g/mol. The molecule has 0 spiro atoms. The highest BCUT2D eigenvalue weighted by molar-refractivity contribution is 7.07. The summed E-state index contributed by atoms with van der Waals surface area (Å²) in [6, 6.07) is -0.445. The lowest BCUT2D eigenvalue weighted by Crippen LogP contribution is -2.36. The number of hydrogen-bond acceptors (Lipinski definition) is 4. The zero-order chi connectivity index (χ0) is 9.68. The smallest absolute Gasteiger partial charge is 0.207 e. The summed E-state index contributed by atoms with van der Waals surface area (Å²) in [6.45, 7) is 1.45. The zero-order valence-corrected chi connectivity index (χ0v) is 8.00. The van der Waals surface area contributed by atoms with Crippen molar-refractivity contribution in [2.24, 2.45) is 0 Å². The van der Waals surface area contributed by atoms with E-state index >= 15 is 0 Å². The second kappa shape index (κ2) is 4.71. The van der Waals surface area contributed by atoms with Gasteiger partial charge in [-0.2, -0.15) is 0 Å². The number of amides is 1. The van der Waals surface area contributed by atoms with Gasteiger partial charge < -0.3 is 5.32 Å². The molecule has 1 aromatic heterocycles. The number of aromatic nitrogens is 1. The van der Waals surface area contributed by atoms with Gasteiger partial charge in [0, 0.05) is 11.8 Å². The van der Waals surface area contributed by atoms with Crippen LogP contribution in [0.15, 0.2) is 10.9 Å². The molecule has 0 aliphatic carbocycles. The van der Waals surface area contributed by atoms with Gasteiger partial charge in [0.05, 0.1) is 17.2 Å². The van der Waals surface area contributed by atoms with Crippen LogP contribution in [0.5, 0.6) is 0 Å². The summed E-state index contributed by atoms with van der Waals surface area (Å²) in [5, 5.41) is 4.32. The number of hydrogen-bond donors (Lipinski definition) is 1. The lowest BCUT2D eigenvalue weighted by Gasteiger charge is -2.09. The summed E-state index contributed by atoms with van der Waals surface area (Å²) in [6.07, 6.45) is 1.01. The van der Waals surface area contributed by atoms with Gasteiger partial charge in [-0.3, -0.25) is 9.59 Å². The molecule has 0 bridgehead atoms. The Morgan fingerprint density at radius 3 is 3.08 bits per heavy atom. The Kier molecular flexibility index (Phi) is 3.57. The van der Waals surface area contributed by atoms with E-state index in [9.17, 15) is 9.59 Å². The quantitative estimate of drug-likeness (QED) is 0.696. The van der Waals surface area contributed by atoms with Crippen molar-refractivity contribution in [2.45, 2.75) is 19.4 Å². The van der Waals surface area contributed by atoms with E-state index in [0.717, 1.165) is 5.69 Å². The van der Waals surface area contributed by atoms with Crippen LogP contribution in [0, 0.1) is 0 Å². The van der Waals surface area contributed by atoms with Crippen molar-refractivity contribution in [3.63, 3.8) is 0 Å². The third kappa shape index (κ3) is 2.95. The SMILES string of the molecule is CC(=O)[C@H](Cc1cscn1)NC=O. The largest absolute Gasteiger partial charge is 0.348 e. The molecule has 0 aliphatic rings. The number of carbonyl (C=O) groups excluding carboxylic acids is 2. The molecule has 4 nitrogen and oxygen atoms in total. The van der Waals surface area contributed by atoms with Crippen LogP contribution in [0.4, 0.5) is 0 Å². The van der Waals surface area contributed by atoms with Crippen LogP contribution in [0.25, 0.3) is 0 Å². The van der Waals surface area contributed by atoms with E-state index in [1.807, 2.05) is 5.38 Å². The van der Waals surface area contributed by atoms with Crippen molar-refractivity contribution in [3.05, 3.63) is 16.6 Å². The molecule has 1 heterocycles. The minimum Gasteiger partial charge on any atom is -0.348 e. The molecule has 0 aromatic carbocycles. The molecule has 0 unspecified atom stereocenters. The van der Waals surface area contributed by atoms with E-state index in [4.69, 9.17) is 0 Å². The lowest BCUT2D eigenvalue weighted by atomic mass is 10.1. The number of carbonyl (C=O) groups is 2. The van der Waals surface area contributed by atoms with Gasteiger partial charge in [-0.05, 0) is 6.92 Å². The number of thiazole rings is 1. The molecular weight excluding hydrogens is 188 g/mol. The minimum atomic E-state index is -0.445. The van der Waals surface area contributed by atoms with Crippen LogP contribution >= 0.6 is 11.3 Å². The second-order valence-electron chi connectivity index (χ2n) is 2.63. The molecule has 70 valence electrons. The second-order valence-corrected chi connectivity index (χ2v) is 3.35. The Hall–Kier alpha value is -1.23. The molecule has 0 saturated carbocycles. The topological polar surface area (TPSA) is 59.1 Å². The highest BCUT2D eigenvalue weighted by Gasteiger charge is 2.14. The summed E-state index contributed by atoms with van der Waals surface area (Å²) in [4.78, 5) is 25.2. The molecular formula is C8H10N2O2S. The number of rotatable bonds is 5. The van der Waals surface area contributed by atoms with Gasteiger partial charge in [0.1, 0.15) is 0 Å². The summed E-state index contributed by atoms with van der Waals surface area (Å²) >= 11 is 1.47. The monoisotopic (exact) mass is 198 g/mol. The van der Waals surface area contributed by atoms with E-state index in [1.54, 1.807) is 5.51 Å². The van der Waals surface area contributed by atoms with Gasteiger partial charge >= 0.3 is 0 Å². The zero-order valence-electron chi connectivity index (χ0n) is 7.19. The maximum absolute atomic E-state index is 11.0. The van der Waals surface area contributed by atoms with Crippen LogP contribution in [0.2, 0.25) is 0 Å². The van der Waals surface area contributed by atoms with Crippen LogP contribution in [0.3, 0.4) is 0 Å². The van der Waals surface area contributed by atoms with Gasteiger partial charge in [-0.15, -0.1) is 11.3 Å². The van der Waals surface area contributed by atoms with E-state index < -0.39 is 6.04 Å². The van der Waals surface area contributed by atoms with Gasteiger partial charge in [0.25, 0.3) is 0 Å². The highest BCUT2D eigenvalue weighted by atomic mass is 32.1. The molecule has 0 saturated heterocycles. The molecule has 5 heteroatoms. The Bertz CT molecular complexity index is 284. The normalized spacial score (nSPS) is 12.1. The maximum Gasteiger partial charge on any atom is 0.207 e. The fraction of sp³-hybridized carbons (Fsp3) is 0.375. The molecule has 0 fully saturated rings. The minimum absolute atomic E-state index is 0.0555. The number of ketones is 1. The Morgan fingerprint density at radius 1 is 1.85 bits per heavy atom. The van der Waals surface area contributed by atoms with E-state index in [0.29, 0.717) is 12.8 Å². The summed E-state index contributed by atoms with van der Waals surface area (Å²) < 4.78 is 0. The summed E-state index contributed by atoms with van der Waals surface area (Å²) in [5.41, 5.74) is 2.53. The van der Waals surface area contributed by atoms with E-state index in [1.165, 1.54) is 18.3 Å². The van der Waals surface area contributed by atoms with Crippen molar-refractivity contribution < 1.29 is 9.59 Å². The van der Waals surface area contributed by atoms with Crippen molar-refractivity contribution in [3.8, 4) is 0 Å². The molecule has 0 radical (unpaired) electrons. The van der Waals surface area contributed by atoms with Crippen molar-refractivity contribution in [1.29, 1.82) is 0 Å². The van der Waals surface area contributed by atoms with E-state index in [-0.39, 0.29) is 5.78 Å². The summed E-state index contributed by atoms with van der Waals surface area (Å²) in [7, 11) is 0. The fourth-order valence-corrected chi connectivity index (χ4v) is 1.52. The molecule has 0 aliphatic heterocycles. The van der Waals surface area contributed by atoms with Crippen molar-refractivity contribution in [1.82, 2.24) is 10.3 Å². The summed E-state index contributed by atoms with van der Waals surface area (Å²) in [5.74, 6) is -0.0555. The molecule has 1 amide bonds. The highest BCUT2D eigenvalue weighted by Crippen LogP contribution is 2.04. The first-order valence-electron chi connectivity index (χ1n) is 3.81. The van der Waals surface area contributed by atoms with E-state index in [2.05, 4.69) is 10.3 Å².